The van der Waals surface area contributed by atoms with E-state index in [1.807, 2.05) is 0 Å². The molecule has 0 radical (unpaired) electrons. The van der Waals surface area contributed by atoms with Gasteiger partial charge in [0.1, 0.15) is 6.04 Å². The molecule has 0 heterocycles. The zero-order chi connectivity index (χ0) is 7.02. The van der Waals surface area contributed by atoms with Gasteiger partial charge in [-0.25, -0.2) is 0 Å². The van der Waals surface area contributed by atoms with E-state index in [4.69, 9.17) is 17.2 Å². The molecule has 0 amide bonds. The Hall–Kier alpha value is -1.03. The lowest BCUT2D eigenvalue weighted by molar-refractivity contribution is -0.118. The lowest BCUT2D eigenvalue weighted by Gasteiger charge is -1.99. The molecule has 4 nitrogen and oxygen atoms in total. The maximum Gasteiger partial charge on any atom is 0.161 e. The minimum Gasteiger partial charge on any atom is -0.400 e. The van der Waals surface area contributed by atoms with Gasteiger partial charge in [-0.1, -0.05) is 0 Å². The van der Waals surface area contributed by atoms with Gasteiger partial charge >= 0.3 is 0 Å². The van der Waals surface area contributed by atoms with Crippen LogP contribution in [0, 0.1) is 0 Å². The Morgan fingerprint density at radius 1 is 1.44 bits per heavy atom. The Morgan fingerprint density at radius 2 is 2.00 bits per heavy atom. The first kappa shape index (κ1) is 6.10. The summed E-state index contributed by atoms with van der Waals surface area (Å²) in [6.45, 7) is 0. The number of allylic oxidation sites excluding steroid dienone is 1. The number of hydrogen-bond donors (Lipinski definition) is 3. The summed E-state index contributed by atoms with van der Waals surface area (Å²) in [5.74, 6) is -0.0926. The molecule has 50 valence electrons. The first-order valence-electron chi connectivity index (χ1n) is 2.65. The van der Waals surface area contributed by atoms with E-state index in [1.165, 1.54) is 0 Å². The van der Waals surface area contributed by atoms with Crippen LogP contribution in [-0.2, 0) is 4.79 Å². The molecule has 1 aliphatic rings. The fraction of sp³-hybridized carbons (Fsp3) is 0.400. The van der Waals surface area contributed by atoms with E-state index in [-0.39, 0.29) is 12.2 Å². The number of carbonyl (C=O) groups excluding carboxylic acids is 1. The minimum atomic E-state index is -0.648. The molecule has 9 heavy (non-hydrogen) atoms. The van der Waals surface area contributed by atoms with Crippen LogP contribution in [-0.4, -0.2) is 11.8 Å². The number of hydrogen-bond acceptors (Lipinski definition) is 4. The third kappa shape index (κ3) is 0.768. The molecular weight excluding hydrogens is 118 g/mol. The van der Waals surface area contributed by atoms with Crippen LogP contribution in [0.5, 0.6) is 0 Å². The molecule has 0 saturated heterocycles. The zero-order valence-corrected chi connectivity index (χ0v) is 4.92. The van der Waals surface area contributed by atoms with Crippen LogP contribution >= 0.6 is 0 Å². The molecular formula is C5H9N3O. The van der Waals surface area contributed by atoms with Crippen LogP contribution in [0.3, 0.4) is 0 Å². The fourth-order valence-electron chi connectivity index (χ4n) is 0.773. The first-order valence-corrected chi connectivity index (χ1v) is 2.65. The average Bonchev–Trinajstić information content (AvgIpc) is 1.98. The largest absolute Gasteiger partial charge is 0.400 e. The van der Waals surface area contributed by atoms with E-state index in [0.29, 0.717) is 11.4 Å². The summed E-state index contributed by atoms with van der Waals surface area (Å²) in [4.78, 5) is 10.7. The highest BCUT2D eigenvalue weighted by Gasteiger charge is 2.26. The van der Waals surface area contributed by atoms with Crippen LogP contribution in [0.4, 0.5) is 0 Å². The van der Waals surface area contributed by atoms with Gasteiger partial charge in [0.15, 0.2) is 5.78 Å². The number of Topliss-reactive ketones (excluding diaryl/α,β-unsaturated/α-hetero) is 1. The van der Waals surface area contributed by atoms with Gasteiger partial charge in [0, 0.05) is 12.1 Å². The predicted molar refractivity (Wildman–Crippen MR) is 33.0 cm³/mol. The van der Waals surface area contributed by atoms with Crippen LogP contribution in [0.25, 0.3) is 0 Å². The molecule has 6 N–H and O–H groups in total. The molecule has 1 rings (SSSR count). The average molecular weight is 127 g/mol. The van der Waals surface area contributed by atoms with E-state index < -0.39 is 6.04 Å². The smallest absolute Gasteiger partial charge is 0.161 e. The molecule has 0 bridgehead atoms. The van der Waals surface area contributed by atoms with Gasteiger partial charge in [-0.05, 0) is 0 Å². The van der Waals surface area contributed by atoms with Crippen molar-refractivity contribution in [2.45, 2.75) is 12.5 Å². The third-order valence-electron chi connectivity index (χ3n) is 1.42. The normalized spacial score (nSPS) is 27.7. The van der Waals surface area contributed by atoms with E-state index in [1.54, 1.807) is 0 Å². The van der Waals surface area contributed by atoms with Crippen molar-refractivity contribution in [3.8, 4) is 0 Å². The molecule has 0 fully saturated rings. The van der Waals surface area contributed by atoms with Crippen molar-refractivity contribution < 1.29 is 4.79 Å². The highest BCUT2D eigenvalue weighted by Crippen LogP contribution is 2.12. The van der Waals surface area contributed by atoms with Gasteiger partial charge in [0.25, 0.3) is 0 Å². The van der Waals surface area contributed by atoms with Crippen molar-refractivity contribution in [3.05, 3.63) is 11.4 Å². The molecule has 1 aliphatic carbocycles. The number of carbonyl (C=O) groups is 1. The SMILES string of the molecule is NC1=C(N)C(N)C(=O)C1. The van der Waals surface area contributed by atoms with Gasteiger partial charge in [-0.3, -0.25) is 4.79 Å². The predicted octanol–water partition coefficient (Wildman–Crippen LogP) is -1.58. The van der Waals surface area contributed by atoms with Gasteiger partial charge < -0.3 is 17.2 Å². The highest BCUT2D eigenvalue weighted by atomic mass is 16.1. The van der Waals surface area contributed by atoms with Crippen LogP contribution in [0.15, 0.2) is 11.4 Å². The van der Waals surface area contributed by atoms with Crippen molar-refractivity contribution in [1.29, 1.82) is 0 Å². The summed E-state index contributed by atoms with van der Waals surface area (Å²) in [6, 6.07) is -0.648. The van der Waals surface area contributed by atoms with Crippen LogP contribution in [0.2, 0.25) is 0 Å². The van der Waals surface area contributed by atoms with Crippen molar-refractivity contribution in [3.63, 3.8) is 0 Å². The standard InChI is InChI=1S/C5H9N3O/c6-2-1-3(9)5(8)4(2)7/h5H,1,6-8H2. The third-order valence-corrected chi connectivity index (χ3v) is 1.42. The first-order chi connectivity index (χ1) is 4.13. The molecule has 0 aromatic rings. The maximum absolute atomic E-state index is 10.7. The van der Waals surface area contributed by atoms with Gasteiger partial charge in [-0.2, -0.15) is 0 Å². The molecule has 0 aromatic carbocycles. The van der Waals surface area contributed by atoms with E-state index in [0.717, 1.165) is 0 Å². The molecule has 1 unspecified atom stereocenters. The van der Waals surface area contributed by atoms with Crippen molar-refractivity contribution >= 4 is 5.78 Å². The Kier molecular flexibility index (Phi) is 1.17. The Bertz CT molecular complexity index is 185. The lowest BCUT2D eigenvalue weighted by atomic mass is 10.2. The van der Waals surface area contributed by atoms with Crippen LogP contribution in [0.1, 0.15) is 6.42 Å². The van der Waals surface area contributed by atoms with E-state index in [9.17, 15) is 4.79 Å². The molecule has 4 heteroatoms. The maximum atomic E-state index is 10.7. The van der Waals surface area contributed by atoms with Gasteiger partial charge in [-0.15, -0.1) is 0 Å². The summed E-state index contributed by atoms with van der Waals surface area (Å²) in [5.41, 5.74) is 16.7. The molecule has 0 aliphatic heterocycles. The fourth-order valence-corrected chi connectivity index (χ4v) is 0.773. The van der Waals surface area contributed by atoms with Gasteiger partial charge in [0.05, 0.1) is 5.70 Å². The Labute approximate surface area is 52.7 Å². The van der Waals surface area contributed by atoms with Crippen molar-refractivity contribution in [2.24, 2.45) is 17.2 Å². The van der Waals surface area contributed by atoms with Crippen LogP contribution < -0.4 is 17.2 Å². The number of ketones is 1. The summed E-state index contributed by atoms with van der Waals surface area (Å²) < 4.78 is 0. The Morgan fingerprint density at radius 3 is 2.11 bits per heavy atom. The second kappa shape index (κ2) is 1.73. The number of nitrogens with two attached hydrogens (primary N) is 3. The second-order valence-electron chi connectivity index (χ2n) is 2.10. The monoisotopic (exact) mass is 127 g/mol. The quantitative estimate of drug-likeness (QED) is 0.366. The molecule has 1 atom stereocenters. The summed E-state index contributed by atoms with van der Waals surface area (Å²) in [5, 5.41) is 0. The topological polar surface area (TPSA) is 95.1 Å². The molecule has 0 spiro atoms. The minimum absolute atomic E-state index is 0.0926. The second-order valence-corrected chi connectivity index (χ2v) is 2.10. The summed E-state index contributed by atoms with van der Waals surface area (Å²) in [7, 11) is 0. The summed E-state index contributed by atoms with van der Waals surface area (Å²) >= 11 is 0. The molecule has 0 aromatic heterocycles. The molecule has 0 saturated carbocycles. The van der Waals surface area contributed by atoms with Crippen molar-refractivity contribution in [1.82, 2.24) is 0 Å². The van der Waals surface area contributed by atoms with Crippen molar-refractivity contribution in [2.75, 3.05) is 0 Å². The van der Waals surface area contributed by atoms with Gasteiger partial charge in [0.2, 0.25) is 0 Å². The number of rotatable bonds is 0. The highest BCUT2D eigenvalue weighted by molar-refractivity contribution is 5.92. The lowest BCUT2D eigenvalue weighted by Crippen LogP contribution is -2.31. The van der Waals surface area contributed by atoms with E-state index in [2.05, 4.69) is 0 Å². The summed E-state index contributed by atoms with van der Waals surface area (Å²) in [6.07, 6.45) is 0.215. The zero-order valence-electron chi connectivity index (χ0n) is 4.92. The van der Waals surface area contributed by atoms with E-state index >= 15 is 0 Å². The Balaban J connectivity index is 2.87.